The Balaban J connectivity index is 1.71. The Morgan fingerprint density at radius 2 is 2.03 bits per heavy atom. The number of benzene rings is 1. The fourth-order valence-corrected chi connectivity index (χ4v) is 3.19. The van der Waals surface area contributed by atoms with Gasteiger partial charge in [-0.2, -0.15) is 0 Å². The van der Waals surface area contributed by atoms with Crippen LogP contribution in [0, 0.1) is 0 Å². The highest BCUT2D eigenvalue weighted by atomic mass is 35.5. The van der Waals surface area contributed by atoms with Crippen molar-refractivity contribution >= 4 is 23.6 Å². The van der Waals surface area contributed by atoms with E-state index in [2.05, 4.69) is 10.6 Å². The number of halogens is 1. The predicted molar refractivity (Wildman–Crippen MR) is 111 cm³/mol. The van der Waals surface area contributed by atoms with Crippen molar-refractivity contribution in [2.75, 3.05) is 33.4 Å². The summed E-state index contributed by atoms with van der Waals surface area (Å²) in [5.74, 6) is 0.665. The average molecular weight is 434 g/mol. The number of amides is 2. The molecular formula is C21H24ClN3O5. The van der Waals surface area contributed by atoms with Gasteiger partial charge in [0.25, 0.3) is 0 Å². The SMILES string of the molecule is CCOC(=O)C1=C(CN(C)CCOc2ccc(Cl)cc2)NC(=O)NC1c1ccco1. The molecule has 1 atom stereocenters. The zero-order valence-electron chi connectivity index (χ0n) is 16.8. The molecule has 9 heteroatoms. The maximum atomic E-state index is 12.7. The number of hydrogen-bond donors (Lipinski definition) is 2. The van der Waals surface area contributed by atoms with Crippen LogP contribution in [-0.4, -0.2) is 50.3 Å². The number of urea groups is 1. The van der Waals surface area contributed by atoms with Gasteiger partial charge in [-0.15, -0.1) is 0 Å². The van der Waals surface area contributed by atoms with Gasteiger partial charge in [0.05, 0.1) is 18.4 Å². The molecule has 1 aromatic carbocycles. The van der Waals surface area contributed by atoms with Crippen molar-refractivity contribution in [3.05, 3.63) is 64.7 Å². The number of carbonyl (C=O) groups is 2. The summed E-state index contributed by atoms with van der Waals surface area (Å²) < 4.78 is 16.4. The van der Waals surface area contributed by atoms with Crippen molar-refractivity contribution in [1.29, 1.82) is 0 Å². The molecule has 2 amide bonds. The molecule has 1 aliphatic heterocycles. The fraction of sp³-hybridized carbons (Fsp3) is 0.333. The molecule has 2 N–H and O–H groups in total. The second kappa shape index (κ2) is 10.2. The molecule has 30 heavy (non-hydrogen) atoms. The summed E-state index contributed by atoms with van der Waals surface area (Å²) in [6, 6.07) is 9.39. The van der Waals surface area contributed by atoms with E-state index in [4.69, 9.17) is 25.5 Å². The van der Waals surface area contributed by atoms with Crippen molar-refractivity contribution in [2.24, 2.45) is 0 Å². The molecule has 8 nitrogen and oxygen atoms in total. The lowest BCUT2D eigenvalue weighted by Crippen LogP contribution is -2.48. The number of carbonyl (C=O) groups excluding carboxylic acids is 2. The van der Waals surface area contributed by atoms with Gasteiger partial charge in [0.1, 0.15) is 24.2 Å². The number of rotatable bonds is 9. The number of hydrogen-bond acceptors (Lipinski definition) is 6. The van der Waals surface area contributed by atoms with Crippen molar-refractivity contribution in [3.8, 4) is 5.75 Å². The second-order valence-electron chi connectivity index (χ2n) is 6.70. The van der Waals surface area contributed by atoms with E-state index in [0.29, 0.717) is 47.5 Å². The van der Waals surface area contributed by atoms with Gasteiger partial charge in [-0.1, -0.05) is 11.6 Å². The lowest BCUT2D eigenvalue weighted by atomic mass is 10.00. The van der Waals surface area contributed by atoms with Gasteiger partial charge in [0.2, 0.25) is 0 Å². The summed E-state index contributed by atoms with van der Waals surface area (Å²) in [6.07, 6.45) is 1.49. The van der Waals surface area contributed by atoms with Crippen LogP contribution in [0.1, 0.15) is 18.7 Å². The molecule has 1 aromatic heterocycles. The number of nitrogens with zero attached hydrogens (tertiary/aromatic N) is 1. The normalized spacial score (nSPS) is 16.3. The summed E-state index contributed by atoms with van der Waals surface area (Å²) >= 11 is 5.87. The van der Waals surface area contributed by atoms with Gasteiger partial charge in [0, 0.05) is 23.8 Å². The highest BCUT2D eigenvalue weighted by Crippen LogP contribution is 2.28. The van der Waals surface area contributed by atoms with E-state index in [9.17, 15) is 9.59 Å². The van der Waals surface area contributed by atoms with Gasteiger partial charge in [-0.3, -0.25) is 4.90 Å². The first kappa shape index (κ1) is 21.7. The Hall–Kier alpha value is -2.97. The van der Waals surface area contributed by atoms with Gasteiger partial charge >= 0.3 is 12.0 Å². The first-order valence-electron chi connectivity index (χ1n) is 9.56. The molecule has 1 aliphatic rings. The Morgan fingerprint density at radius 1 is 1.27 bits per heavy atom. The molecule has 0 bridgehead atoms. The molecule has 0 spiro atoms. The third kappa shape index (κ3) is 5.55. The minimum Gasteiger partial charge on any atom is -0.492 e. The molecule has 0 saturated carbocycles. The van der Waals surface area contributed by atoms with E-state index in [-0.39, 0.29) is 6.61 Å². The van der Waals surface area contributed by atoms with Crippen molar-refractivity contribution in [2.45, 2.75) is 13.0 Å². The maximum absolute atomic E-state index is 12.7. The van der Waals surface area contributed by atoms with Gasteiger partial charge in [0.15, 0.2) is 0 Å². The number of furan rings is 1. The summed E-state index contributed by atoms with van der Waals surface area (Å²) in [4.78, 5) is 26.8. The zero-order valence-corrected chi connectivity index (χ0v) is 17.6. The van der Waals surface area contributed by atoms with E-state index in [1.807, 2.05) is 11.9 Å². The van der Waals surface area contributed by atoms with Crippen molar-refractivity contribution in [3.63, 3.8) is 0 Å². The number of ether oxygens (including phenoxy) is 2. The highest BCUT2D eigenvalue weighted by molar-refractivity contribution is 6.30. The second-order valence-corrected chi connectivity index (χ2v) is 7.14. The Bertz CT molecular complexity index is 896. The van der Waals surface area contributed by atoms with E-state index in [1.54, 1.807) is 43.3 Å². The van der Waals surface area contributed by atoms with Gasteiger partial charge in [-0.05, 0) is 50.4 Å². The van der Waals surface area contributed by atoms with Crippen LogP contribution in [0.15, 0.2) is 58.3 Å². The largest absolute Gasteiger partial charge is 0.492 e. The first-order chi connectivity index (χ1) is 14.5. The quantitative estimate of drug-likeness (QED) is 0.590. The molecule has 0 radical (unpaired) electrons. The van der Waals surface area contributed by atoms with Gasteiger partial charge in [-0.25, -0.2) is 9.59 Å². The predicted octanol–water partition coefficient (Wildman–Crippen LogP) is 3.11. The van der Waals surface area contributed by atoms with Crippen molar-refractivity contribution in [1.82, 2.24) is 15.5 Å². The van der Waals surface area contributed by atoms with E-state index in [0.717, 1.165) is 0 Å². The maximum Gasteiger partial charge on any atom is 0.338 e. The Kier molecular flexibility index (Phi) is 7.37. The number of likely N-dealkylation sites (N-methyl/N-ethyl adjacent to an activating group) is 1. The summed E-state index contributed by atoms with van der Waals surface area (Å²) in [7, 11) is 1.87. The molecule has 0 fully saturated rings. The molecular weight excluding hydrogens is 410 g/mol. The molecule has 2 heterocycles. The first-order valence-corrected chi connectivity index (χ1v) is 9.93. The van der Waals surface area contributed by atoms with Crippen LogP contribution >= 0.6 is 11.6 Å². The van der Waals surface area contributed by atoms with Crippen LogP contribution < -0.4 is 15.4 Å². The summed E-state index contributed by atoms with van der Waals surface area (Å²) in [5, 5.41) is 6.10. The standard InChI is InChI=1S/C21H24ClN3O5/c1-3-28-20(26)18-16(23-21(27)24-19(18)17-5-4-11-30-17)13-25(2)10-12-29-15-8-6-14(22)7-9-15/h4-9,11,19H,3,10,12-13H2,1-2H3,(H2,23,24,27). The average Bonchev–Trinajstić information content (AvgIpc) is 3.24. The molecule has 2 aromatic rings. The molecule has 3 rings (SSSR count). The molecule has 1 unspecified atom stereocenters. The minimum atomic E-state index is -0.721. The Labute approximate surface area is 179 Å². The van der Waals surface area contributed by atoms with E-state index in [1.165, 1.54) is 6.26 Å². The lowest BCUT2D eigenvalue weighted by Gasteiger charge is -2.29. The van der Waals surface area contributed by atoms with Crippen LogP contribution in [0.25, 0.3) is 0 Å². The van der Waals surface area contributed by atoms with Crippen LogP contribution in [0.5, 0.6) is 5.75 Å². The number of nitrogens with one attached hydrogen (secondary N) is 2. The van der Waals surface area contributed by atoms with Crippen LogP contribution in [0.2, 0.25) is 5.02 Å². The van der Waals surface area contributed by atoms with Crippen molar-refractivity contribution < 1.29 is 23.5 Å². The topological polar surface area (TPSA) is 93.0 Å². The zero-order chi connectivity index (χ0) is 21.5. The smallest absolute Gasteiger partial charge is 0.338 e. The number of esters is 1. The van der Waals surface area contributed by atoms with Crippen LogP contribution in [0.3, 0.4) is 0 Å². The third-order valence-corrected chi connectivity index (χ3v) is 4.71. The van der Waals surface area contributed by atoms with Gasteiger partial charge < -0.3 is 24.5 Å². The summed E-state index contributed by atoms with van der Waals surface area (Å²) in [5.41, 5.74) is 0.782. The van der Waals surface area contributed by atoms with E-state index < -0.39 is 18.0 Å². The van der Waals surface area contributed by atoms with Crippen LogP contribution in [-0.2, 0) is 9.53 Å². The molecule has 0 saturated heterocycles. The van der Waals surface area contributed by atoms with Crippen LogP contribution in [0.4, 0.5) is 4.79 Å². The minimum absolute atomic E-state index is 0.221. The molecule has 160 valence electrons. The highest BCUT2D eigenvalue weighted by Gasteiger charge is 2.35. The fourth-order valence-electron chi connectivity index (χ4n) is 3.06. The third-order valence-electron chi connectivity index (χ3n) is 4.46. The lowest BCUT2D eigenvalue weighted by molar-refractivity contribution is -0.139. The Morgan fingerprint density at radius 3 is 2.70 bits per heavy atom. The monoisotopic (exact) mass is 433 g/mol. The molecule has 0 aliphatic carbocycles. The van der Waals surface area contributed by atoms with E-state index >= 15 is 0 Å². The summed E-state index contributed by atoms with van der Waals surface area (Å²) in [6.45, 7) is 3.27.